The van der Waals surface area contributed by atoms with Crippen molar-refractivity contribution < 1.29 is 44.0 Å². The van der Waals surface area contributed by atoms with Gasteiger partial charge in [-0.15, -0.1) is 0 Å². The lowest BCUT2D eigenvalue weighted by molar-refractivity contribution is -0.0500. The second kappa shape index (κ2) is 8.05. The van der Waals surface area contributed by atoms with Gasteiger partial charge in [0.15, 0.2) is 17.2 Å². The van der Waals surface area contributed by atoms with Crippen LogP contribution in [0.2, 0.25) is 0 Å². The molecule has 0 bridgehead atoms. The van der Waals surface area contributed by atoms with E-state index in [9.17, 15) is 26.0 Å². The molecule has 3 aromatic rings. The van der Waals surface area contributed by atoms with Crippen molar-refractivity contribution in [1.29, 1.82) is 0 Å². The fourth-order valence-corrected chi connectivity index (χ4v) is 4.56. The predicted molar refractivity (Wildman–Crippen MR) is 115 cm³/mol. The van der Waals surface area contributed by atoms with Gasteiger partial charge in [0.1, 0.15) is 11.5 Å². The molecule has 1 spiro atoms. The fourth-order valence-electron chi connectivity index (χ4n) is 4.12. The number of alkyl halides is 3. The number of nitrogens with two attached hydrogens (primary N) is 1. The highest BCUT2D eigenvalue weighted by Crippen LogP contribution is 2.54. The number of halogens is 5. The molecule has 2 N–H and O–H groups in total. The standard InChI is InChI=1S/C22H14F5N3O5S/c23-16-10-12(35-36(31,32)22(25,26)27)9-15-18(16)33-17-4-3-11(13-2-1-6-29-19(13)24)8-14(17)21(15)5-7-30-20(28)34-21/h1-4,6,8-10H,5,7H2,(H2,28,30). The van der Waals surface area contributed by atoms with E-state index in [-0.39, 0.29) is 41.4 Å². The Morgan fingerprint density at radius 2 is 1.86 bits per heavy atom. The lowest BCUT2D eigenvalue weighted by atomic mass is 9.79. The minimum atomic E-state index is -6.10. The van der Waals surface area contributed by atoms with Crippen LogP contribution in [0.3, 0.4) is 0 Å². The molecule has 2 aromatic carbocycles. The predicted octanol–water partition coefficient (Wildman–Crippen LogP) is 4.34. The summed E-state index contributed by atoms with van der Waals surface area (Å²) in [4.78, 5) is 7.56. The zero-order valence-corrected chi connectivity index (χ0v) is 18.7. The summed E-state index contributed by atoms with van der Waals surface area (Å²) in [6.45, 7) is 0.0593. The summed E-state index contributed by atoms with van der Waals surface area (Å²) >= 11 is 0. The average Bonchev–Trinajstić information content (AvgIpc) is 2.79. The smallest absolute Gasteiger partial charge is 0.453 e. The van der Waals surface area contributed by atoms with Crippen LogP contribution in [0, 0.1) is 11.8 Å². The number of fused-ring (bicyclic) bond motifs is 4. The minimum Gasteiger partial charge on any atom is -0.453 e. The SMILES string of the molecule is NC1=NCCC2(O1)c1cc(-c3cccnc3F)ccc1Oc1c(F)cc(OS(=O)(=O)C(F)(F)F)cc12. The van der Waals surface area contributed by atoms with Crippen molar-refractivity contribution in [3.05, 3.63) is 71.6 Å². The maximum absolute atomic E-state index is 15.1. The van der Waals surface area contributed by atoms with Crippen molar-refractivity contribution >= 4 is 16.1 Å². The quantitative estimate of drug-likeness (QED) is 0.233. The van der Waals surface area contributed by atoms with Crippen LogP contribution in [-0.2, 0) is 20.5 Å². The zero-order valence-electron chi connectivity index (χ0n) is 17.8. The third kappa shape index (κ3) is 3.77. The number of aliphatic imine (C=N–C) groups is 1. The van der Waals surface area contributed by atoms with E-state index < -0.39 is 44.5 Å². The number of rotatable bonds is 3. The number of amidine groups is 1. The number of ether oxygens (including phenoxy) is 2. The molecule has 0 fully saturated rings. The summed E-state index contributed by atoms with van der Waals surface area (Å²) in [5.41, 5.74) is -1.12. The Balaban J connectivity index is 1.71. The van der Waals surface area contributed by atoms with E-state index in [0.29, 0.717) is 11.6 Å². The van der Waals surface area contributed by atoms with Crippen molar-refractivity contribution in [3.63, 3.8) is 0 Å². The van der Waals surface area contributed by atoms with Crippen molar-refractivity contribution in [1.82, 2.24) is 4.98 Å². The fraction of sp³-hybridized carbons (Fsp3) is 0.182. The number of aromatic nitrogens is 1. The van der Waals surface area contributed by atoms with Crippen LogP contribution in [0.1, 0.15) is 17.5 Å². The Kier molecular flexibility index (Phi) is 5.32. The van der Waals surface area contributed by atoms with Gasteiger partial charge in [0.05, 0.1) is 0 Å². The summed E-state index contributed by atoms with van der Waals surface area (Å²) in [7, 11) is -6.10. The second-order valence-electron chi connectivity index (χ2n) is 7.82. The van der Waals surface area contributed by atoms with Crippen molar-refractivity contribution in [2.24, 2.45) is 10.7 Å². The third-order valence-electron chi connectivity index (χ3n) is 5.65. The van der Waals surface area contributed by atoms with Gasteiger partial charge in [0.2, 0.25) is 5.95 Å². The number of nitrogens with zero attached hydrogens (tertiary/aromatic N) is 2. The molecule has 1 atom stereocenters. The maximum atomic E-state index is 15.1. The zero-order chi connectivity index (χ0) is 25.9. The monoisotopic (exact) mass is 527 g/mol. The van der Waals surface area contributed by atoms with E-state index in [2.05, 4.69) is 14.2 Å². The Labute approximate surface area is 200 Å². The van der Waals surface area contributed by atoms with Crippen LogP contribution in [0.25, 0.3) is 11.1 Å². The van der Waals surface area contributed by atoms with Gasteiger partial charge in [-0.25, -0.2) is 14.4 Å². The normalized spacial score (nSPS) is 19.0. The molecule has 0 saturated heterocycles. The molecule has 0 aliphatic carbocycles. The summed E-state index contributed by atoms with van der Waals surface area (Å²) in [5, 5.41) is 0. The molecule has 3 heterocycles. The number of pyridine rings is 1. The Bertz CT molecular complexity index is 1530. The second-order valence-corrected chi connectivity index (χ2v) is 9.36. The largest absolute Gasteiger partial charge is 0.534 e. The maximum Gasteiger partial charge on any atom is 0.534 e. The van der Waals surface area contributed by atoms with Crippen LogP contribution >= 0.6 is 0 Å². The minimum absolute atomic E-state index is 0.00491. The van der Waals surface area contributed by atoms with E-state index in [1.165, 1.54) is 36.5 Å². The summed E-state index contributed by atoms with van der Waals surface area (Å²) < 4.78 is 107. The van der Waals surface area contributed by atoms with Crippen LogP contribution in [-0.4, -0.2) is 31.5 Å². The highest BCUT2D eigenvalue weighted by atomic mass is 32.2. The van der Waals surface area contributed by atoms with Crippen LogP contribution in [0.4, 0.5) is 22.0 Å². The van der Waals surface area contributed by atoms with Gasteiger partial charge in [0, 0.05) is 41.9 Å². The van der Waals surface area contributed by atoms with Crippen molar-refractivity contribution in [2.75, 3.05) is 6.54 Å². The molecule has 0 saturated carbocycles. The van der Waals surface area contributed by atoms with Gasteiger partial charge >= 0.3 is 15.6 Å². The van der Waals surface area contributed by atoms with Crippen molar-refractivity contribution in [3.8, 4) is 28.4 Å². The van der Waals surface area contributed by atoms with Crippen molar-refractivity contribution in [2.45, 2.75) is 17.5 Å². The van der Waals surface area contributed by atoms with Gasteiger partial charge < -0.3 is 19.4 Å². The van der Waals surface area contributed by atoms with E-state index in [1.807, 2.05) is 0 Å². The molecule has 1 aromatic heterocycles. The molecule has 1 unspecified atom stereocenters. The first-order valence-corrected chi connectivity index (χ1v) is 11.6. The molecular weight excluding hydrogens is 513 g/mol. The van der Waals surface area contributed by atoms with Gasteiger partial charge in [-0.3, -0.25) is 0 Å². The molecule has 2 aliphatic rings. The molecule has 188 valence electrons. The Hall–Kier alpha value is -3.94. The number of benzene rings is 2. The summed E-state index contributed by atoms with van der Waals surface area (Å²) in [5.74, 6) is -3.28. The first kappa shape index (κ1) is 23.8. The van der Waals surface area contributed by atoms with Crippen LogP contribution < -0.4 is 14.7 Å². The highest BCUT2D eigenvalue weighted by Gasteiger charge is 2.50. The van der Waals surface area contributed by atoms with E-state index >= 15 is 4.39 Å². The molecule has 0 radical (unpaired) electrons. The Morgan fingerprint density at radius 3 is 2.56 bits per heavy atom. The highest BCUT2D eigenvalue weighted by molar-refractivity contribution is 7.88. The van der Waals surface area contributed by atoms with Gasteiger partial charge in [0.25, 0.3) is 6.02 Å². The third-order valence-corrected chi connectivity index (χ3v) is 6.63. The van der Waals surface area contributed by atoms with Gasteiger partial charge in [-0.05, 0) is 35.9 Å². The lowest BCUT2D eigenvalue weighted by Gasteiger charge is -2.41. The van der Waals surface area contributed by atoms with E-state index in [4.69, 9.17) is 15.2 Å². The van der Waals surface area contributed by atoms with E-state index in [1.54, 1.807) is 0 Å². The first-order chi connectivity index (χ1) is 16.9. The Morgan fingerprint density at radius 1 is 1.08 bits per heavy atom. The summed E-state index contributed by atoms with van der Waals surface area (Å²) in [6.07, 6.45) is 1.27. The van der Waals surface area contributed by atoms with Gasteiger partial charge in [-0.1, -0.05) is 6.07 Å². The molecule has 8 nitrogen and oxygen atoms in total. The topological polar surface area (TPSA) is 113 Å². The van der Waals surface area contributed by atoms with Gasteiger partial charge in [-0.2, -0.15) is 26.0 Å². The molecule has 0 amide bonds. The molecule has 2 aliphatic heterocycles. The average molecular weight is 527 g/mol. The van der Waals surface area contributed by atoms with Crippen LogP contribution in [0.15, 0.2) is 53.7 Å². The molecule has 14 heteroatoms. The summed E-state index contributed by atoms with van der Waals surface area (Å²) in [6, 6.07) is 8.40. The van der Waals surface area contributed by atoms with E-state index in [0.717, 1.165) is 6.07 Å². The molecule has 5 rings (SSSR count). The molecule has 36 heavy (non-hydrogen) atoms. The number of hydrogen-bond donors (Lipinski definition) is 1. The number of hydrogen-bond acceptors (Lipinski definition) is 8. The lowest BCUT2D eigenvalue weighted by Crippen LogP contribution is -2.42. The molecular formula is C22H14F5N3O5S. The first-order valence-electron chi connectivity index (χ1n) is 10.2. The van der Waals surface area contributed by atoms with Crippen LogP contribution in [0.5, 0.6) is 17.2 Å².